The highest BCUT2D eigenvalue weighted by atomic mass is 16.6. The normalized spacial score (nSPS) is 9.94. The lowest BCUT2D eigenvalue weighted by molar-refractivity contribution is -0.384. The van der Waals surface area contributed by atoms with Crippen LogP contribution in [-0.2, 0) is 0 Å². The van der Waals surface area contributed by atoms with Gasteiger partial charge < -0.3 is 4.74 Å². The van der Waals surface area contributed by atoms with Gasteiger partial charge in [0.05, 0.1) is 11.0 Å². The van der Waals surface area contributed by atoms with Crippen LogP contribution in [0.25, 0.3) is 0 Å². The first-order chi connectivity index (χ1) is 8.16. The lowest BCUT2D eigenvalue weighted by Gasteiger charge is -2.07. The van der Waals surface area contributed by atoms with Gasteiger partial charge >= 0.3 is 0 Å². The average molecular weight is 229 g/mol. The van der Waals surface area contributed by atoms with Crippen molar-refractivity contribution in [3.8, 4) is 11.5 Å². The second-order valence-electron chi connectivity index (χ2n) is 3.62. The summed E-state index contributed by atoms with van der Waals surface area (Å²) in [4.78, 5) is 10.2. The molecule has 0 unspecified atom stereocenters. The van der Waals surface area contributed by atoms with E-state index in [1.165, 1.54) is 12.1 Å². The van der Waals surface area contributed by atoms with Crippen molar-refractivity contribution in [1.82, 2.24) is 0 Å². The molecule has 2 aromatic carbocycles. The molecule has 0 saturated heterocycles. The first-order valence-corrected chi connectivity index (χ1v) is 5.15. The van der Waals surface area contributed by atoms with Crippen LogP contribution in [0.5, 0.6) is 11.5 Å². The number of nitrogens with zero attached hydrogens (tertiary/aromatic N) is 1. The van der Waals surface area contributed by atoms with E-state index in [1.54, 1.807) is 18.2 Å². The Balaban J connectivity index is 2.32. The van der Waals surface area contributed by atoms with Gasteiger partial charge in [0.2, 0.25) is 0 Å². The quantitative estimate of drug-likeness (QED) is 0.595. The summed E-state index contributed by atoms with van der Waals surface area (Å²) >= 11 is 0. The fourth-order valence-electron chi connectivity index (χ4n) is 1.43. The maximum Gasteiger partial charge on any atom is 0.273 e. The molecule has 0 bridgehead atoms. The van der Waals surface area contributed by atoms with Crippen molar-refractivity contribution in [2.75, 3.05) is 0 Å². The number of ether oxygens (including phenoxy) is 1. The standard InChI is InChI=1S/C13H11NO3/c1-10-7-8-11(14(15)16)9-13(10)17-12-5-3-2-4-6-12/h2-9H,1H3. The highest BCUT2D eigenvalue weighted by Crippen LogP contribution is 2.28. The average Bonchev–Trinajstić information content (AvgIpc) is 2.33. The fraction of sp³-hybridized carbons (Fsp3) is 0.0769. The molecule has 86 valence electrons. The molecule has 0 aromatic heterocycles. The Kier molecular flexibility index (Phi) is 3.05. The van der Waals surface area contributed by atoms with Crippen molar-refractivity contribution in [2.24, 2.45) is 0 Å². The highest BCUT2D eigenvalue weighted by molar-refractivity contribution is 5.45. The molecule has 4 heteroatoms. The minimum atomic E-state index is -0.433. The molecule has 4 nitrogen and oxygen atoms in total. The van der Waals surface area contributed by atoms with Gasteiger partial charge in [-0.15, -0.1) is 0 Å². The van der Waals surface area contributed by atoms with Crippen LogP contribution >= 0.6 is 0 Å². The molecule has 0 heterocycles. The number of hydrogen-bond acceptors (Lipinski definition) is 3. The molecule has 2 rings (SSSR count). The van der Waals surface area contributed by atoms with Crippen LogP contribution in [0.3, 0.4) is 0 Å². The zero-order valence-electron chi connectivity index (χ0n) is 9.29. The van der Waals surface area contributed by atoms with E-state index in [2.05, 4.69) is 0 Å². The lowest BCUT2D eigenvalue weighted by atomic mass is 10.2. The first-order valence-electron chi connectivity index (χ1n) is 5.15. The zero-order chi connectivity index (χ0) is 12.3. The van der Waals surface area contributed by atoms with Crippen molar-refractivity contribution >= 4 is 5.69 Å². The van der Waals surface area contributed by atoms with Gasteiger partial charge in [0.1, 0.15) is 11.5 Å². The number of rotatable bonds is 3. The smallest absolute Gasteiger partial charge is 0.273 e. The molecule has 0 N–H and O–H groups in total. The Morgan fingerprint density at radius 3 is 2.47 bits per heavy atom. The van der Waals surface area contributed by atoms with Crippen LogP contribution in [-0.4, -0.2) is 4.92 Å². The molecular formula is C13H11NO3. The number of nitro groups is 1. The van der Waals surface area contributed by atoms with Crippen molar-refractivity contribution < 1.29 is 9.66 Å². The second kappa shape index (κ2) is 4.65. The van der Waals surface area contributed by atoms with Crippen LogP contribution in [0.2, 0.25) is 0 Å². The monoisotopic (exact) mass is 229 g/mol. The van der Waals surface area contributed by atoms with Gasteiger partial charge in [-0.3, -0.25) is 10.1 Å². The minimum absolute atomic E-state index is 0.0292. The second-order valence-corrected chi connectivity index (χ2v) is 3.62. The summed E-state index contributed by atoms with van der Waals surface area (Å²) in [6, 6.07) is 13.8. The molecule has 0 radical (unpaired) electrons. The first kappa shape index (κ1) is 11.1. The molecule has 0 aliphatic heterocycles. The lowest BCUT2D eigenvalue weighted by Crippen LogP contribution is -1.91. The highest BCUT2D eigenvalue weighted by Gasteiger charge is 2.09. The van der Waals surface area contributed by atoms with Crippen LogP contribution < -0.4 is 4.74 Å². The molecule has 0 saturated carbocycles. The SMILES string of the molecule is Cc1ccc([N+](=O)[O-])cc1Oc1ccccc1. The topological polar surface area (TPSA) is 52.4 Å². The summed E-state index contributed by atoms with van der Waals surface area (Å²) in [5.74, 6) is 1.17. The zero-order valence-corrected chi connectivity index (χ0v) is 9.29. The van der Waals surface area contributed by atoms with E-state index in [1.807, 2.05) is 25.1 Å². The fourth-order valence-corrected chi connectivity index (χ4v) is 1.43. The third kappa shape index (κ3) is 2.60. The van der Waals surface area contributed by atoms with Crippen LogP contribution in [0, 0.1) is 17.0 Å². The van der Waals surface area contributed by atoms with Gasteiger partial charge in [-0.1, -0.05) is 18.2 Å². The van der Waals surface area contributed by atoms with Crippen LogP contribution in [0.15, 0.2) is 48.5 Å². The Hall–Kier alpha value is -2.36. The molecule has 0 aliphatic carbocycles. The van der Waals surface area contributed by atoms with Crippen LogP contribution in [0.4, 0.5) is 5.69 Å². The Bertz CT molecular complexity index is 538. The largest absolute Gasteiger partial charge is 0.457 e. The van der Waals surface area contributed by atoms with Gasteiger partial charge in [0, 0.05) is 6.07 Å². The summed E-state index contributed by atoms with van der Waals surface area (Å²) in [5.41, 5.74) is 0.890. The third-order valence-corrected chi connectivity index (χ3v) is 2.35. The number of hydrogen-bond donors (Lipinski definition) is 0. The van der Waals surface area contributed by atoms with Gasteiger partial charge in [-0.2, -0.15) is 0 Å². The molecule has 0 amide bonds. The summed E-state index contributed by atoms with van der Waals surface area (Å²) < 4.78 is 5.60. The molecule has 17 heavy (non-hydrogen) atoms. The van der Waals surface area contributed by atoms with E-state index in [-0.39, 0.29) is 5.69 Å². The van der Waals surface area contributed by atoms with E-state index in [0.29, 0.717) is 11.5 Å². The van der Waals surface area contributed by atoms with Crippen molar-refractivity contribution in [3.63, 3.8) is 0 Å². The van der Waals surface area contributed by atoms with E-state index in [9.17, 15) is 10.1 Å². The predicted octanol–water partition coefficient (Wildman–Crippen LogP) is 3.70. The van der Waals surface area contributed by atoms with Crippen molar-refractivity contribution in [1.29, 1.82) is 0 Å². The van der Waals surface area contributed by atoms with Gasteiger partial charge in [0.15, 0.2) is 0 Å². The third-order valence-electron chi connectivity index (χ3n) is 2.35. The van der Waals surface area contributed by atoms with Gasteiger partial charge in [-0.25, -0.2) is 0 Å². The molecule has 0 atom stereocenters. The molecular weight excluding hydrogens is 218 g/mol. The Morgan fingerprint density at radius 1 is 1.12 bits per heavy atom. The van der Waals surface area contributed by atoms with E-state index in [4.69, 9.17) is 4.74 Å². The molecule has 0 fully saturated rings. The van der Waals surface area contributed by atoms with Crippen molar-refractivity contribution in [2.45, 2.75) is 6.92 Å². The van der Waals surface area contributed by atoms with E-state index in [0.717, 1.165) is 5.56 Å². The summed E-state index contributed by atoms with van der Waals surface area (Å²) in [6.07, 6.45) is 0. The Labute approximate surface area is 98.6 Å². The molecule has 0 spiro atoms. The predicted molar refractivity (Wildman–Crippen MR) is 64.3 cm³/mol. The van der Waals surface area contributed by atoms with Gasteiger partial charge in [-0.05, 0) is 30.7 Å². The number of benzene rings is 2. The Morgan fingerprint density at radius 2 is 1.82 bits per heavy atom. The minimum Gasteiger partial charge on any atom is -0.457 e. The summed E-state index contributed by atoms with van der Waals surface area (Å²) in [6.45, 7) is 1.85. The number of para-hydroxylation sites is 1. The van der Waals surface area contributed by atoms with E-state index >= 15 is 0 Å². The number of nitro benzene ring substituents is 1. The van der Waals surface area contributed by atoms with E-state index < -0.39 is 4.92 Å². The summed E-state index contributed by atoms with van der Waals surface area (Å²) in [7, 11) is 0. The molecule has 0 aliphatic rings. The van der Waals surface area contributed by atoms with Crippen LogP contribution in [0.1, 0.15) is 5.56 Å². The maximum absolute atomic E-state index is 10.7. The van der Waals surface area contributed by atoms with Gasteiger partial charge in [0.25, 0.3) is 5.69 Å². The van der Waals surface area contributed by atoms with Crippen molar-refractivity contribution in [3.05, 3.63) is 64.2 Å². The summed E-state index contributed by atoms with van der Waals surface area (Å²) in [5, 5.41) is 10.7. The maximum atomic E-state index is 10.7. The number of aryl methyl sites for hydroxylation is 1. The number of non-ortho nitro benzene ring substituents is 1. The molecule has 2 aromatic rings.